The van der Waals surface area contributed by atoms with Gasteiger partial charge in [0.15, 0.2) is 0 Å². The molecular weight excluding hydrogens is 231 g/mol. The zero-order chi connectivity index (χ0) is 11.7. The first-order valence-electron chi connectivity index (χ1n) is 5.06. The second-order valence-electron chi connectivity index (χ2n) is 3.94. The predicted molar refractivity (Wildman–Crippen MR) is 60.9 cm³/mol. The molecule has 0 saturated carbocycles. The van der Waals surface area contributed by atoms with Crippen LogP contribution in [0.25, 0.3) is 0 Å². The number of benzene rings is 1. The highest BCUT2D eigenvalue weighted by atomic mass is 35.5. The number of carbonyl (C=O) groups excluding carboxylic acids is 1. The number of rotatable bonds is 2. The first kappa shape index (κ1) is 11.4. The van der Waals surface area contributed by atoms with Gasteiger partial charge in [-0.05, 0) is 30.7 Å². The summed E-state index contributed by atoms with van der Waals surface area (Å²) in [4.78, 5) is 13.2. The molecule has 1 amide bonds. The lowest BCUT2D eigenvalue weighted by Crippen LogP contribution is -2.25. The first-order chi connectivity index (χ1) is 7.60. The number of amides is 1. The fourth-order valence-corrected chi connectivity index (χ4v) is 2.10. The van der Waals surface area contributed by atoms with Crippen LogP contribution in [0.15, 0.2) is 18.2 Å². The highest BCUT2D eigenvalue weighted by Gasteiger charge is 2.29. The molecule has 1 unspecified atom stereocenters. The fraction of sp³-hybridized carbons (Fsp3) is 0.364. The summed E-state index contributed by atoms with van der Waals surface area (Å²) >= 11 is 5.74. The molecule has 1 fully saturated rings. The molecule has 1 aliphatic rings. The van der Waals surface area contributed by atoms with Crippen LogP contribution >= 0.6 is 11.6 Å². The number of hydrogen-bond acceptors (Lipinski definition) is 2. The average Bonchev–Trinajstić information content (AvgIpc) is 2.58. The molecule has 86 valence electrons. The third-order valence-corrected chi connectivity index (χ3v) is 2.92. The van der Waals surface area contributed by atoms with Crippen LogP contribution in [-0.4, -0.2) is 19.0 Å². The molecule has 0 bridgehead atoms. The van der Waals surface area contributed by atoms with E-state index >= 15 is 0 Å². The Labute approximate surface area is 98.0 Å². The number of nitrogens with two attached hydrogens (primary N) is 1. The van der Waals surface area contributed by atoms with Gasteiger partial charge in [0.2, 0.25) is 5.91 Å². The maximum Gasteiger partial charge on any atom is 0.227 e. The van der Waals surface area contributed by atoms with Crippen molar-refractivity contribution >= 4 is 23.2 Å². The molecule has 5 heteroatoms. The van der Waals surface area contributed by atoms with Gasteiger partial charge in [-0.25, -0.2) is 4.39 Å². The van der Waals surface area contributed by atoms with Crippen LogP contribution < -0.4 is 10.6 Å². The van der Waals surface area contributed by atoms with Gasteiger partial charge in [-0.2, -0.15) is 0 Å². The molecule has 0 radical (unpaired) electrons. The van der Waals surface area contributed by atoms with Crippen molar-refractivity contribution in [2.45, 2.75) is 6.42 Å². The third kappa shape index (κ3) is 2.18. The standard InChI is InChI=1S/C11H12ClFN2O/c12-8-2-9(13)4-10(3-8)15-6-7(5-14)1-11(15)16/h2-4,7H,1,5-6,14H2. The third-order valence-electron chi connectivity index (χ3n) is 2.70. The van der Waals surface area contributed by atoms with E-state index in [0.29, 0.717) is 30.2 Å². The van der Waals surface area contributed by atoms with E-state index in [0.717, 1.165) is 0 Å². The Morgan fingerprint density at radius 2 is 2.25 bits per heavy atom. The molecule has 1 aromatic rings. The van der Waals surface area contributed by atoms with Crippen molar-refractivity contribution < 1.29 is 9.18 Å². The van der Waals surface area contributed by atoms with Crippen LogP contribution in [0.3, 0.4) is 0 Å². The largest absolute Gasteiger partial charge is 0.330 e. The van der Waals surface area contributed by atoms with Crippen molar-refractivity contribution in [2.24, 2.45) is 11.7 Å². The van der Waals surface area contributed by atoms with Crippen molar-refractivity contribution in [3.05, 3.63) is 29.0 Å². The number of anilines is 1. The van der Waals surface area contributed by atoms with E-state index in [9.17, 15) is 9.18 Å². The van der Waals surface area contributed by atoms with Crippen molar-refractivity contribution in [3.8, 4) is 0 Å². The summed E-state index contributed by atoms with van der Waals surface area (Å²) in [5, 5.41) is 0.291. The van der Waals surface area contributed by atoms with Gasteiger partial charge in [0.05, 0.1) is 0 Å². The molecule has 1 aliphatic heterocycles. The summed E-state index contributed by atoms with van der Waals surface area (Å²) in [6.07, 6.45) is 0.421. The Morgan fingerprint density at radius 1 is 1.50 bits per heavy atom. The van der Waals surface area contributed by atoms with Gasteiger partial charge in [-0.1, -0.05) is 11.6 Å². The monoisotopic (exact) mass is 242 g/mol. The van der Waals surface area contributed by atoms with Crippen LogP contribution in [0.4, 0.5) is 10.1 Å². The molecule has 2 N–H and O–H groups in total. The van der Waals surface area contributed by atoms with Crippen LogP contribution in [0.1, 0.15) is 6.42 Å². The van der Waals surface area contributed by atoms with E-state index < -0.39 is 5.82 Å². The normalized spacial score (nSPS) is 20.6. The summed E-state index contributed by atoms with van der Waals surface area (Å²) < 4.78 is 13.1. The highest BCUT2D eigenvalue weighted by Crippen LogP contribution is 2.27. The summed E-state index contributed by atoms with van der Waals surface area (Å²) in [7, 11) is 0. The Morgan fingerprint density at radius 3 is 2.81 bits per heavy atom. The lowest BCUT2D eigenvalue weighted by molar-refractivity contribution is -0.117. The SMILES string of the molecule is NCC1CC(=O)N(c2cc(F)cc(Cl)c2)C1. The molecule has 1 saturated heterocycles. The quantitative estimate of drug-likeness (QED) is 0.860. The predicted octanol–water partition coefficient (Wildman–Crippen LogP) is 1.79. The molecule has 1 heterocycles. The number of halogens is 2. The average molecular weight is 243 g/mol. The number of hydrogen-bond donors (Lipinski definition) is 1. The Bertz CT molecular complexity index is 404. The second kappa shape index (κ2) is 4.39. The van der Waals surface area contributed by atoms with Crippen LogP contribution in [0, 0.1) is 11.7 Å². The summed E-state index contributed by atoms with van der Waals surface area (Å²) in [5.41, 5.74) is 6.02. The summed E-state index contributed by atoms with van der Waals surface area (Å²) in [5.74, 6) is -0.321. The summed E-state index contributed by atoms with van der Waals surface area (Å²) in [6, 6.07) is 4.11. The van der Waals surface area contributed by atoms with Crippen molar-refractivity contribution in [1.82, 2.24) is 0 Å². The highest BCUT2D eigenvalue weighted by molar-refractivity contribution is 6.31. The molecule has 0 spiro atoms. The Hall–Kier alpha value is -1.13. The minimum atomic E-state index is -0.438. The molecule has 16 heavy (non-hydrogen) atoms. The summed E-state index contributed by atoms with van der Waals surface area (Å²) in [6.45, 7) is 1.00. The minimum Gasteiger partial charge on any atom is -0.330 e. The molecule has 2 rings (SSSR count). The second-order valence-corrected chi connectivity index (χ2v) is 4.37. The van der Waals surface area contributed by atoms with Crippen molar-refractivity contribution in [1.29, 1.82) is 0 Å². The molecule has 0 aromatic heterocycles. The van der Waals surface area contributed by atoms with E-state index in [2.05, 4.69) is 0 Å². The molecule has 0 aliphatic carbocycles. The van der Waals surface area contributed by atoms with Gasteiger partial charge < -0.3 is 10.6 Å². The smallest absolute Gasteiger partial charge is 0.227 e. The van der Waals surface area contributed by atoms with E-state index in [1.807, 2.05) is 0 Å². The Balaban J connectivity index is 2.27. The van der Waals surface area contributed by atoms with Gasteiger partial charge in [-0.15, -0.1) is 0 Å². The van der Waals surface area contributed by atoms with Gasteiger partial charge in [-0.3, -0.25) is 4.79 Å². The first-order valence-corrected chi connectivity index (χ1v) is 5.44. The van der Waals surface area contributed by atoms with E-state index in [-0.39, 0.29) is 11.8 Å². The Kier molecular flexibility index (Phi) is 3.12. The van der Waals surface area contributed by atoms with Crippen LogP contribution in [-0.2, 0) is 4.79 Å². The topological polar surface area (TPSA) is 46.3 Å². The van der Waals surface area contributed by atoms with Crippen LogP contribution in [0.5, 0.6) is 0 Å². The van der Waals surface area contributed by atoms with Crippen molar-refractivity contribution in [2.75, 3.05) is 18.0 Å². The van der Waals surface area contributed by atoms with Gasteiger partial charge in [0, 0.05) is 23.7 Å². The maximum absolute atomic E-state index is 13.1. The van der Waals surface area contributed by atoms with E-state index in [1.54, 1.807) is 6.07 Å². The molecule has 1 aromatic carbocycles. The van der Waals surface area contributed by atoms with E-state index in [1.165, 1.54) is 17.0 Å². The minimum absolute atomic E-state index is 0.0304. The molecule has 1 atom stereocenters. The van der Waals surface area contributed by atoms with Gasteiger partial charge >= 0.3 is 0 Å². The number of carbonyl (C=O) groups is 1. The molecule has 3 nitrogen and oxygen atoms in total. The zero-order valence-electron chi connectivity index (χ0n) is 8.62. The molecular formula is C11H12ClFN2O. The van der Waals surface area contributed by atoms with Crippen LogP contribution in [0.2, 0.25) is 5.02 Å². The van der Waals surface area contributed by atoms with Crippen molar-refractivity contribution in [3.63, 3.8) is 0 Å². The fourth-order valence-electron chi connectivity index (χ4n) is 1.88. The lowest BCUT2D eigenvalue weighted by Gasteiger charge is -2.16. The van der Waals surface area contributed by atoms with Gasteiger partial charge in [0.25, 0.3) is 0 Å². The van der Waals surface area contributed by atoms with Gasteiger partial charge in [0.1, 0.15) is 5.82 Å². The maximum atomic E-state index is 13.1. The zero-order valence-corrected chi connectivity index (χ0v) is 9.38. The number of nitrogens with zero attached hydrogens (tertiary/aromatic N) is 1. The van der Waals surface area contributed by atoms with E-state index in [4.69, 9.17) is 17.3 Å². The lowest BCUT2D eigenvalue weighted by atomic mass is 10.1.